The summed E-state index contributed by atoms with van der Waals surface area (Å²) in [7, 11) is 0. The molecule has 0 aromatic carbocycles. The number of aromatic nitrogens is 1. The molecule has 2 aliphatic rings. The van der Waals surface area contributed by atoms with E-state index in [4.69, 9.17) is 9.84 Å². The number of hydrogen-bond donors (Lipinski definition) is 3. The van der Waals surface area contributed by atoms with Crippen LogP contribution in [0.1, 0.15) is 6.92 Å². The first kappa shape index (κ1) is 23.6. The molecule has 1 saturated heterocycles. The number of carboxylic acids is 1. The molecule has 32 heavy (non-hydrogen) atoms. The maximum atomic E-state index is 12.8. The number of nitrogens with one attached hydrogen (secondary N) is 2. The zero-order valence-corrected chi connectivity index (χ0v) is 18.5. The third-order valence-corrected chi connectivity index (χ3v) is 6.80. The molecule has 3 amide bonds. The number of fused-ring (bicyclic) bond motifs is 1. The maximum absolute atomic E-state index is 12.8. The molecule has 0 spiro atoms. The van der Waals surface area contributed by atoms with Gasteiger partial charge in [-0.15, -0.1) is 23.5 Å². The van der Waals surface area contributed by atoms with Gasteiger partial charge < -0.3 is 20.5 Å². The summed E-state index contributed by atoms with van der Waals surface area (Å²) in [5.41, 5.74) is 0.341. The number of rotatable bonds is 9. The van der Waals surface area contributed by atoms with Crippen molar-refractivity contribution in [1.82, 2.24) is 20.5 Å². The van der Waals surface area contributed by atoms with Crippen LogP contribution in [0.4, 0.5) is 0 Å². The Hall–Kier alpha value is -3.06. The second kappa shape index (κ2) is 10.5. The molecule has 3 heterocycles. The van der Waals surface area contributed by atoms with Crippen LogP contribution in [0.3, 0.4) is 0 Å². The number of aliphatic carboxylic acids is 1. The second-order valence-electron chi connectivity index (χ2n) is 6.74. The predicted octanol–water partition coefficient (Wildman–Crippen LogP) is -0.408. The molecular weight excluding hydrogens is 460 g/mol. The molecule has 0 unspecified atom stereocenters. The zero-order valence-electron chi connectivity index (χ0n) is 16.9. The van der Waals surface area contributed by atoms with Crippen LogP contribution in [0.25, 0.3) is 0 Å². The van der Waals surface area contributed by atoms with E-state index in [1.165, 1.54) is 35.3 Å². The summed E-state index contributed by atoms with van der Waals surface area (Å²) in [6.07, 6.45) is 3.23. The Morgan fingerprint density at radius 2 is 2.03 bits per heavy atom. The summed E-state index contributed by atoms with van der Waals surface area (Å²) < 4.78 is 4.97. The van der Waals surface area contributed by atoms with Crippen molar-refractivity contribution in [3.8, 4) is 0 Å². The molecule has 11 nitrogen and oxygen atoms in total. The van der Waals surface area contributed by atoms with Crippen molar-refractivity contribution < 1.29 is 33.8 Å². The van der Waals surface area contributed by atoms with Crippen LogP contribution >= 0.6 is 23.5 Å². The molecule has 13 heteroatoms. The van der Waals surface area contributed by atoms with Gasteiger partial charge >= 0.3 is 11.9 Å². The Morgan fingerprint density at radius 3 is 2.69 bits per heavy atom. The predicted molar refractivity (Wildman–Crippen MR) is 114 cm³/mol. The molecule has 1 aromatic heterocycles. The normalized spacial score (nSPS) is 19.5. The van der Waals surface area contributed by atoms with Crippen molar-refractivity contribution in [3.05, 3.63) is 35.8 Å². The minimum Gasteiger partial charge on any atom is -0.480 e. The zero-order chi connectivity index (χ0) is 23.3. The van der Waals surface area contributed by atoms with Crippen LogP contribution in [-0.2, 0) is 28.7 Å². The molecule has 1 aromatic rings. The lowest BCUT2D eigenvalue weighted by molar-refractivity contribution is -0.147. The van der Waals surface area contributed by atoms with Crippen LogP contribution in [-0.4, -0.2) is 80.7 Å². The average molecular weight is 481 g/mol. The van der Waals surface area contributed by atoms with Crippen molar-refractivity contribution in [3.63, 3.8) is 0 Å². The Balaban J connectivity index is 1.67. The monoisotopic (exact) mass is 480 g/mol. The van der Waals surface area contributed by atoms with Crippen molar-refractivity contribution >= 4 is 53.2 Å². The highest BCUT2D eigenvalue weighted by Crippen LogP contribution is 2.40. The van der Waals surface area contributed by atoms with Crippen LogP contribution in [0.2, 0.25) is 0 Å². The van der Waals surface area contributed by atoms with E-state index in [0.717, 1.165) is 4.90 Å². The number of thioether (sulfide) groups is 2. The third kappa shape index (κ3) is 5.59. The number of amides is 3. The van der Waals surface area contributed by atoms with Gasteiger partial charge in [-0.2, -0.15) is 0 Å². The van der Waals surface area contributed by atoms with Crippen molar-refractivity contribution in [2.75, 3.05) is 24.7 Å². The molecule has 3 rings (SSSR count). The number of hydrogen-bond acceptors (Lipinski definition) is 9. The summed E-state index contributed by atoms with van der Waals surface area (Å²) >= 11 is 2.62. The Kier molecular flexibility index (Phi) is 7.75. The highest BCUT2D eigenvalue weighted by molar-refractivity contribution is 8.00. The molecular formula is C19H20N4O7S2. The van der Waals surface area contributed by atoms with Crippen LogP contribution < -0.4 is 10.6 Å². The van der Waals surface area contributed by atoms with Crippen molar-refractivity contribution in [2.24, 2.45) is 0 Å². The number of pyridine rings is 1. The van der Waals surface area contributed by atoms with E-state index in [0.29, 0.717) is 5.57 Å². The van der Waals surface area contributed by atoms with Crippen LogP contribution in [0, 0.1) is 0 Å². The smallest absolute Gasteiger partial charge is 0.322 e. The fourth-order valence-corrected chi connectivity index (χ4v) is 5.06. The molecule has 1 fully saturated rings. The number of carbonyl (C=O) groups excluding carboxylic acids is 4. The van der Waals surface area contributed by atoms with Gasteiger partial charge in [-0.3, -0.25) is 33.9 Å². The quantitative estimate of drug-likeness (QED) is 0.241. The molecule has 3 N–H and O–H groups in total. The Morgan fingerprint density at radius 1 is 1.31 bits per heavy atom. The topological polar surface area (TPSA) is 155 Å². The summed E-state index contributed by atoms with van der Waals surface area (Å²) in [6, 6.07) is 2.72. The maximum Gasteiger partial charge on any atom is 0.322 e. The lowest BCUT2D eigenvalue weighted by atomic mass is 10.0. The summed E-state index contributed by atoms with van der Waals surface area (Å²) in [4.78, 5) is 65.7. The molecule has 0 bridgehead atoms. The number of ether oxygens (including phenoxy) is 1. The summed E-state index contributed by atoms with van der Waals surface area (Å²) in [6.45, 7) is 0.386. The molecule has 2 atom stereocenters. The van der Waals surface area contributed by atoms with Crippen molar-refractivity contribution in [2.45, 2.75) is 23.2 Å². The fourth-order valence-electron chi connectivity index (χ4n) is 3.04. The van der Waals surface area contributed by atoms with Gasteiger partial charge in [-0.25, -0.2) is 0 Å². The third-order valence-electron chi connectivity index (χ3n) is 4.45. The van der Waals surface area contributed by atoms with E-state index in [9.17, 15) is 24.0 Å². The minimum absolute atomic E-state index is 0.0436. The second-order valence-corrected chi connectivity index (χ2v) is 8.89. The van der Waals surface area contributed by atoms with Gasteiger partial charge in [0, 0.05) is 35.5 Å². The average Bonchev–Trinajstić information content (AvgIpc) is 2.78. The fraction of sp³-hybridized carbons (Fsp3) is 0.368. The van der Waals surface area contributed by atoms with E-state index in [1.807, 2.05) is 0 Å². The van der Waals surface area contributed by atoms with Gasteiger partial charge in [0.1, 0.15) is 30.3 Å². The molecule has 170 valence electrons. The molecule has 2 aliphatic heterocycles. The first-order valence-corrected chi connectivity index (χ1v) is 11.4. The number of β-lactam (4-membered cyclic amide) rings is 1. The Bertz CT molecular complexity index is 970. The largest absolute Gasteiger partial charge is 0.480 e. The lowest BCUT2D eigenvalue weighted by Gasteiger charge is -2.50. The van der Waals surface area contributed by atoms with Crippen LogP contribution in [0.5, 0.6) is 0 Å². The van der Waals surface area contributed by atoms with Gasteiger partial charge in [0.25, 0.3) is 11.8 Å². The Labute approximate surface area is 191 Å². The number of carbonyl (C=O) groups is 5. The van der Waals surface area contributed by atoms with E-state index in [-0.39, 0.29) is 29.7 Å². The van der Waals surface area contributed by atoms with E-state index < -0.39 is 41.7 Å². The van der Waals surface area contributed by atoms with Gasteiger partial charge in [0.2, 0.25) is 5.91 Å². The highest BCUT2D eigenvalue weighted by Gasteiger charge is 2.54. The summed E-state index contributed by atoms with van der Waals surface area (Å²) in [5.74, 6) is -3.01. The SMILES string of the molecule is CC(=O)OCC1=C(C(=O)NCC(=O)O)N2C(=O)[C@@H](NC(=O)CSc3ccncc3)[C@H]2SC1. The lowest BCUT2D eigenvalue weighted by Crippen LogP contribution is -2.71. The van der Waals surface area contributed by atoms with Crippen LogP contribution in [0.15, 0.2) is 40.7 Å². The van der Waals surface area contributed by atoms with E-state index >= 15 is 0 Å². The first-order chi connectivity index (χ1) is 15.3. The standard InChI is InChI=1S/C19H20N4O7S2/c1-10(24)30-7-11-8-32-19-15(22-13(25)9-31-12-2-4-20-5-3-12)18(29)23(19)16(11)17(28)21-6-14(26)27/h2-5,15,19H,6-9H2,1H3,(H,21,28)(H,22,25)(H,26,27)/t15-,19-/m1/s1. The van der Waals surface area contributed by atoms with E-state index in [1.54, 1.807) is 24.5 Å². The molecule has 0 radical (unpaired) electrons. The van der Waals surface area contributed by atoms with Gasteiger partial charge in [0.05, 0.1) is 5.75 Å². The van der Waals surface area contributed by atoms with Gasteiger partial charge in [-0.1, -0.05) is 0 Å². The number of nitrogens with zero attached hydrogens (tertiary/aromatic N) is 2. The van der Waals surface area contributed by atoms with Gasteiger partial charge in [0.15, 0.2) is 0 Å². The highest BCUT2D eigenvalue weighted by atomic mass is 32.2. The van der Waals surface area contributed by atoms with Gasteiger partial charge in [-0.05, 0) is 12.1 Å². The summed E-state index contributed by atoms with van der Waals surface area (Å²) in [5, 5.41) is 13.2. The van der Waals surface area contributed by atoms with E-state index in [2.05, 4.69) is 15.6 Å². The number of carboxylic acid groups (broad SMARTS) is 1. The molecule has 0 saturated carbocycles. The minimum atomic E-state index is -1.24. The molecule has 0 aliphatic carbocycles. The number of esters is 1. The van der Waals surface area contributed by atoms with Crippen molar-refractivity contribution in [1.29, 1.82) is 0 Å². The first-order valence-electron chi connectivity index (χ1n) is 9.40.